The minimum absolute atomic E-state index is 0.277. The second-order valence-corrected chi connectivity index (χ2v) is 8.52. The zero-order valence-corrected chi connectivity index (χ0v) is 20.6. The second kappa shape index (κ2) is 12.7. The monoisotopic (exact) mass is 498 g/mol. The van der Waals surface area contributed by atoms with Gasteiger partial charge < -0.3 is 24.4 Å². The highest BCUT2D eigenvalue weighted by Crippen LogP contribution is 2.34. The Morgan fingerprint density at radius 2 is 1.16 bits per heavy atom. The van der Waals surface area contributed by atoms with Crippen LogP contribution in [0.2, 0.25) is 0 Å². The first-order chi connectivity index (χ1) is 18.0. The van der Waals surface area contributed by atoms with E-state index in [1.54, 1.807) is 49.4 Å². The highest BCUT2D eigenvalue weighted by atomic mass is 16.5. The third-order valence-corrected chi connectivity index (χ3v) is 5.80. The van der Waals surface area contributed by atoms with Gasteiger partial charge in [-0.15, -0.1) is 0 Å². The summed E-state index contributed by atoms with van der Waals surface area (Å²) in [5.41, 5.74) is 3.28. The summed E-state index contributed by atoms with van der Waals surface area (Å²) in [5.74, 6) is 0.578. The van der Waals surface area contributed by atoms with E-state index < -0.39 is 18.2 Å². The molecule has 6 heteroatoms. The summed E-state index contributed by atoms with van der Waals surface area (Å²) in [5, 5.41) is 22.0. The summed E-state index contributed by atoms with van der Waals surface area (Å²) in [6.07, 6.45) is -2.49. The number of ether oxygens (including phenoxy) is 3. The smallest absolute Gasteiger partial charge is 0.338 e. The number of aliphatic hydroxyl groups excluding tert-OH is 2. The van der Waals surface area contributed by atoms with E-state index in [0.717, 1.165) is 11.1 Å². The summed E-state index contributed by atoms with van der Waals surface area (Å²) in [6, 6.07) is 31.0. The van der Waals surface area contributed by atoms with Crippen molar-refractivity contribution in [3.8, 4) is 11.5 Å². The Bertz CT molecular complexity index is 1210. The van der Waals surface area contributed by atoms with Gasteiger partial charge >= 0.3 is 5.97 Å². The van der Waals surface area contributed by atoms with Crippen LogP contribution in [0.15, 0.2) is 103 Å². The van der Waals surface area contributed by atoms with Gasteiger partial charge in [0, 0.05) is 6.07 Å². The Hall–Kier alpha value is -4.13. The second-order valence-electron chi connectivity index (χ2n) is 8.52. The zero-order valence-electron chi connectivity index (χ0n) is 20.6. The number of aliphatic hydroxyl groups is 2. The van der Waals surface area contributed by atoms with Gasteiger partial charge in [0.1, 0.15) is 36.9 Å². The molecule has 190 valence electrons. The van der Waals surface area contributed by atoms with Gasteiger partial charge in [-0.25, -0.2) is 4.79 Å². The van der Waals surface area contributed by atoms with Crippen LogP contribution in [-0.4, -0.2) is 22.8 Å². The number of carbonyl (C=O) groups excluding carboxylic acids is 1. The van der Waals surface area contributed by atoms with Crippen molar-refractivity contribution in [1.82, 2.24) is 0 Å². The maximum absolute atomic E-state index is 11.9. The van der Waals surface area contributed by atoms with Crippen molar-refractivity contribution in [1.29, 1.82) is 0 Å². The summed E-state index contributed by atoms with van der Waals surface area (Å²) >= 11 is 0. The largest absolute Gasteiger partial charge is 0.489 e. The van der Waals surface area contributed by atoms with Crippen molar-refractivity contribution in [2.45, 2.75) is 32.3 Å². The SMILES string of the molecule is CCOC(=O)c1ccc([C@@H](O)[C@H](O)c2cc(OCc3ccccc3)cc(OCc3ccccc3)c2)cc1. The minimum atomic E-state index is -1.26. The third-order valence-electron chi connectivity index (χ3n) is 5.80. The molecule has 0 aliphatic carbocycles. The van der Waals surface area contributed by atoms with Crippen molar-refractivity contribution in [2.24, 2.45) is 0 Å². The van der Waals surface area contributed by atoms with Gasteiger partial charge in [-0.3, -0.25) is 0 Å². The fraction of sp³-hybridized carbons (Fsp3) is 0.194. The minimum Gasteiger partial charge on any atom is -0.489 e. The third kappa shape index (κ3) is 7.19. The zero-order chi connectivity index (χ0) is 26.0. The number of hydrogen-bond donors (Lipinski definition) is 2. The van der Waals surface area contributed by atoms with Crippen LogP contribution in [0.25, 0.3) is 0 Å². The van der Waals surface area contributed by atoms with E-state index in [9.17, 15) is 15.0 Å². The highest BCUT2D eigenvalue weighted by molar-refractivity contribution is 5.89. The van der Waals surface area contributed by atoms with Crippen LogP contribution < -0.4 is 9.47 Å². The molecular weight excluding hydrogens is 468 g/mol. The first-order valence-corrected chi connectivity index (χ1v) is 12.1. The van der Waals surface area contributed by atoms with Gasteiger partial charge in [0.05, 0.1) is 12.2 Å². The van der Waals surface area contributed by atoms with E-state index in [2.05, 4.69) is 0 Å². The average Bonchev–Trinajstić information content (AvgIpc) is 2.95. The predicted octanol–water partition coefficient (Wildman–Crippen LogP) is 5.79. The average molecular weight is 499 g/mol. The summed E-state index contributed by atoms with van der Waals surface area (Å²) in [4.78, 5) is 11.9. The fourth-order valence-corrected chi connectivity index (χ4v) is 3.81. The van der Waals surface area contributed by atoms with Crippen molar-refractivity contribution in [3.05, 3.63) is 131 Å². The first kappa shape index (κ1) is 25.9. The normalized spacial score (nSPS) is 12.4. The molecule has 2 N–H and O–H groups in total. The van der Waals surface area contributed by atoms with E-state index in [1.165, 1.54) is 0 Å². The van der Waals surface area contributed by atoms with Crippen LogP contribution in [0.1, 0.15) is 51.7 Å². The Kier molecular flexibility index (Phi) is 8.92. The lowest BCUT2D eigenvalue weighted by atomic mass is 9.97. The molecule has 0 saturated carbocycles. The van der Waals surface area contributed by atoms with Gasteiger partial charge in [0.25, 0.3) is 0 Å². The van der Waals surface area contributed by atoms with Crippen LogP contribution in [0, 0.1) is 0 Å². The first-order valence-electron chi connectivity index (χ1n) is 12.1. The van der Waals surface area contributed by atoms with Gasteiger partial charge in [0.2, 0.25) is 0 Å². The van der Waals surface area contributed by atoms with Crippen LogP contribution in [0.3, 0.4) is 0 Å². The van der Waals surface area contributed by atoms with Crippen LogP contribution in [0.4, 0.5) is 0 Å². The van der Waals surface area contributed by atoms with Crippen LogP contribution >= 0.6 is 0 Å². The van der Waals surface area contributed by atoms with Crippen molar-refractivity contribution in [2.75, 3.05) is 6.61 Å². The van der Waals surface area contributed by atoms with E-state index in [0.29, 0.717) is 41.4 Å². The topological polar surface area (TPSA) is 85.2 Å². The molecule has 0 amide bonds. The Labute approximate surface area is 216 Å². The summed E-state index contributed by atoms with van der Waals surface area (Å²) < 4.78 is 17.0. The quantitative estimate of drug-likeness (QED) is 0.255. The molecular formula is C31H30O6. The van der Waals surface area contributed by atoms with Crippen LogP contribution in [0.5, 0.6) is 11.5 Å². The molecule has 0 fully saturated rings. The summed E-state index contributed by atoms with van der Waals surface area (Å²) in [7, 11) is 0. The Morgan fingerprint density at radius 3 is 1.65 bits per heavy atom. The van der Waals surface area contributed by atoms with Crippen molar-refractivity contribution in [3.63, 3.8) is 0 Å². The standard InChI is InChI=1S/C31H30O6/c1-2-35-31(34)25-15-13-24(14-16-25)29(32)30(33)26-17-27(36-20-22-9-5-3-6-10-22)19-28(18-26)37-21-23-11-7-4-8-12-23/h3-19,29-30,32-33H,2,20-21H2,1H3/t29-,30-/m1/s1. The van der Waals surface area contributed by atoms with Crippen molar-refractivity contribution < 1.29 is 29.2 Å². The molecule has 0 spiro atoms. The molecule has 0 aliphatic heterocycles. The molecule has 0 bridgehead atoms. The number of benzene rings is 4. The number of hydrogen-bond acceptors (Lipinski definition) is 6. The molecule has 0 unspecified atom stereocenters. The molecule has 0 radical (unpaired) electrons. The van der Waals surface area contributed by atoms with E-state index in [4.69, 9.17) is 14.2 Å². The van der Waals surface area contributed by atoms with Gasteiger partial charge in [-0.2, -0.15) is 0 Å². The van der Waals surface area contributed by atoms with Crippen molar-refractivity contribution >= 4 is 5.97 Å². The Morgan fingerprint density at radius 1 is 0.676 bits per heavy atom. The fourth-order valence-electron chi connectivity index (χ4n) is 3.81. The molecule has 0 saturated heterocycles. The van der Waals surface area contributed by atoms with Gasteiger partial charge in [-0.05, 0) is 53.4 Å². The summed E-state index contributed by atoms with van der Waals surface area (Å²) in [6.45, 7) is 2.70. The maximum Gasteiger partial charge on any atom is 0.338 e. The molecule has 37 heavy (non-hydrogen) atoms. The molecule has 4 aromatic carbocycles. The van der Waals surface area contributed by atoms with E-state index in [1.807, 2.05) is 60.7 Å². The number of carbonyl (C=O) groups is 1. The molecule has 4 rings (SSSR count). The van der Waals surface area contributed by atoms with E-state index >= 15 is 0 Å². The van der Waals surface area contributed by atoms with Crippen LogP contribution in [-0.2, 0) is 18.0 Å². The number of esters is 1. The lowest BCUT2D eigenvalue weighted by Gasteiger charge is -2.21. The molecule has 0 heterocycles. The molecule has 4 aromatic rings. The lowest BCUT2D eigenvalue weighted by molar-refractivity contribution is 0.0169. The Balaban J connectivity index is 1.54. The highest BCUT2D eigenvalue weighted by Gasteiger charge is 2.22. The predicted molar refractivity (Wildman–Crippen MR) is 140 cm³/mol. The van der Waals surface area contributed by atoms with Gasteiger partial charge in [0.15, 0.2) is 0 Å². The lowest BCUT2D eigenvalue weighted by Crippen LogP contribution is -2.12. The van der Waals surface area contributed by atoms with Gasteiger partial charge in [-0.1, -0.05) is 72.8 Å². The molecule has 2 atom stereocenters. The maximum atomic E-state index is 11.9. The molecule has 0 aromatic heterocycles. The van der Waals surface area contributed by atoms with E-state index in [-0.39, 0.29) is 6.61 Å². The number of rotatable bonds is 11. The molecule has 6 nitrogen and oxygen atoms in total. The molecule has 0 aliphatic rings.